The minimum atomic E-state index is 0.0922. The molecule has 0 fully saturated rings. The molecule has 0 bridgehead atoms. The number of hydrogen-bond acceptors (Lipinski definition) is 6. The van der Waals surface area contributed by atoms with E-state index in [1.165, 1.54) is 20.2 Å². The van der Waals surface area contributed by atoms with Gasteiger partial charge in [-0.15, -0.1) is 22.7 Å². The van der Waals surface area contributed by atoms with Crippen molar-refractivity contribution in [1.29, 1.82) is 0 Å². The van der Waals surface area contributed by atoms with Crippen LogP contribution in [0.1, 0.15) is 40.6 Å². The predicted octanol–water partition coefficient (Wildman–Crippen LogP) is 6.13. The van der Waals surface area contributed by atoms with Crippen molar-refractivity contribution in [3.63, 3.8) is 0 Å². The lowest BCUT2D eigenvalue weighted by molar-refractivity contribution is -0.116. The molecule has 0 saturated heterocycles. The van der Waals surface area contributed by atoms with Crippen molar-refractivity contribution in [2.45, 2.75) is 40.0 Å². The van der Waals surface area contributed by atoms with Crippen molar-refractivity contribution in [2.24, 2.45) is 4.99 Å². The Morgan fingerprint density at radius 1 is 1.13 bits per heavy atom. The number of Topliss-reactive ketones (excluding diaryl/α,β-unsaturated/α-hetero) is 1. The van der Waals surface area contributed by atoms with Crippen LogP contribution in [-0.2, 0) is 11.2 Å². The van der Waals surface area contributed by atoms with E-state index in [4.69, 9.17) is 9.84 Å². The topological polar surface area (TPSA) is 58.9 Å². The van der Waals surface area contributed by atoms with Gasteiger partial charge >= 0.3 is 0 Å². The van der Waals surface area contributed by atoms with Gasteiger partial charge in [-0.05, 0) is 68.7 Å². The molecule has 1 N–H and O–H groups in total. The van der Waals surface area contributed by atoms with Crippen LogP contribution in [0.3, 0.4) is 0 Å². The summed E-state index contributed by atoms with van der Waals surface area (Å²) < 4.78 is 5.80. The normalized spacial score (nSPS) is 11.3. The Hall–Kier alpha value is -2.28. The Labute approximate surface area is 185 Å². The highest BCUT2D eigenvalue weighted by Gasteiger charge is 2.08. The molecule has 158 valence electrons. The molecule has 3 rings (SSSR count). The summed E-state index contributed by atoms with van der Waals surface area (Å²) >= 11 is 3.53. The van der Waals surface area contributed by atoms with Crippen LogP contribution in [0.5, 0.6) is 5.75 Å². The molecule has 0 amide bonds. The van der Waals surface area contributed by atoms with E-state index in [2.05, 4.69) is 37.0 Å². The Balaban J connectivity index is 1.80. The summed E-state index contributed by atoms with van der Waals surface area (Å²) in [7, 11) is 0. The first-order valence-electron chi connectivity index (χ1n) is 10.0. The predicted molar refractivity (Wildman–Crippen MR) is 127 cm³/mol. The van der Waals surface area contributed by atoms with E-state index in [1.807, 2.05) is 35.8 Å². The van der Waals surface area contributed by atoms with Crippen molar-refractivity contribution in [1.82, 2.24) is 0 Å². The molecule has 3 aromatic rings. The smallest absolute Gasteiger partial charge is 0.144 e. The summed E-state index contributed by atoms with van der Waals surface area (Å²) in [6.07, 6.45) is 3.64. The summed E-state index contributed by atoms with van der Waals surface area (Å²) in [4.78, 5) is 21.0. The first-order chi connectivity index (χ1) is 14.5. The average molecular weight is 442 g/mol. The Morgan fingerprint density at radius 2 is 1.97 bits per heavy atom. The third kappa shape index (κ3) is 6.11. The fraction of sp³-hybridized carbons (Fsp3) is 0.333. The first kappa shape index (κ1) is 22.4. The van der Waals surface area contributed by atoms with Gasteiger partial charge in [-0.1, -0.05) is 6.07 Å². The van der Waals surface area contributed by atoms with Crippen molar-refractivity contribution < 1.29 is 14.6 Å². The third-order valence-corrected chi connectivity index (χ3v) is 7.08. The molecule has 30 heavy (non-hydrogen) atoms. The SMILES string of the molecule is CC(=O)CCc1ccc(OCCCO)c(/N=C/c2ccc(-c3cc(C)c(C)s3)s2)c1. The number of benzene rings is 1. The summed E-state index contributed by atoms with van der Waals surface area (Å²) in [5.41, 5.74) is 3.13. The number of aliphatic hydroxyl groups excluding tert-OH is 1. The molecule has 0 aliphatic rings. The molecule has 0 saturated carbocycles. The lowest BCUT2D eigenvalue weighted by Crippen LogP contribution is -2.00. The summed E-state index contributed by atoms with van der Waals surface area (Å²) in [6.45, 7) is 6.43. The van der Waals surface area contributed by atoms with Gasteiger partial charge in [0, 0.05) is 45.2 Å². The Morgan fingerprint density at radius 3 is 2.67 bits per heavy atom. The zero-order valence-electron chi connectivity index (χ0n) is 17.6. The second-order valence-electron chi connectivity index (χ2n) is 7.24. The number of carbonyl (C=O) groups is 1. The fourth-order valence-electron chi connectivity index (χ4n) is 2.89. The lowest BCUT2D eigenvalue weighted by Gasteiger charge is -2.10. The highest BCUT2D eigenvalue weighted by molar-refractivity contribution is 7.23. The second kappa shape index (κ2) is 10.7. The number of rotatable bonds is 10. The molecule has 0 aliphatic heterocycles. The molecule has 0 aliphatic carbocycles. The quantitative estimate of drug-likeness (QED) is 0.304. The largest absolute Gasteiger partial charge is 0.491 e. The van der Waals surface area contributed by atoms with Crippen LogP contribution in [0.25, 0.3) is 9.75 Å². The van der Waals surface area contributed by atoms with Crippen molar-refractivity contribution in [3.8, 4) is 15.5 Å². The van der Waals surface area contributed by atoms with Gasteiger partial charge in [0.1, 0.15) is 17.2 Å². The number of nitrogens with zero attached hydrogens (tertiary/aromatic N) is 1. The second-order valence-corrected chi connectivity index (χ2v) is 9.61. The molecule has 2 aromatic heterocycles. The van der Waals surface area contributed by atoms with Gasteiger partial charge in [0.2, 0.25) is 0 Å². The number of aliphatic hydroxyl groups is 1. The summed E-state index contributed by atoms with van der Waals surface area (Å²) in [5, 5.41) is 9.01. The van der Waals surface area contributed by atoms with Crippen LogP contribution in [0.15, 0.2) is 41.4 Å². The maximum atomic E-state index is 11.3. The standard InChI is InChI=1S/C24H27NO3S2/c1-16-13-24(29-18(16)3)23-10-8-20(30-23)15-25-21-14-19(6-5-17(2)27)7-9-22(21)28-12-4-11-26/h7-10,13-15,26H,4-6,11-12H2,1-3H3/b25-15+. The lowest BCUT2D eigenvalue weighted by atomic mass is 10.1. The van der Waals surface area contributed by atoms with Crippen LogP contribution < -0.4 is 4.74 Å². The molecule has 0 spiro atoms. The highest BCUT2D eigenvalue weighted by Crippen LogP contribution is 2.35. The molecule has 6 heteroatoms. The van der Waals surface area contributed by atoms with Gasteiger partial charge in [-0.2, -0.15) is 0 Å². The minimum Gasteiger partial charge on any atom is -0.491 e. The van der Waals surface area contributed by atoms with Crippen molar-refractivity contribution >= 4 is 40.4 Å². The molecule has 0 radical (unpaired) electrons. The highest BCUT2D eigenvalue weighted by atomic mass is 32.1. The molecule has 1 aromatic carbocycles. The minimum absolute atomic E-state index is 0.0922. The summed E-state index contributed by atoms with van der Waals surface area (Å²) in [5.74, 6) is 0.862. The third-order valence-electron chi connectivity index (χ3n) is 4.72. The van der Waals surface area contributed by atoms with E-state index in [1.54, 1.807) is 18.3 Å². The maximum absolute atomic E-state index is 11.3. The average Bonchev–Trinajstić information content (AvgIpc) is 3.32. The first-order valence-corrected chi connectivity index (χ1v) is 11.7. The molecular formula is C24H27NO3S2. The van der Waals surface area contributed by atoms with Gasteiger partial charge < -0.3 is 14.6 Å². The van der Waals surface area contributed by atoms with Gasteiger partial charge in [0.15, 0.2) is 0 Å². The molecular weight excluding hydrogens is 414 g/mol. The molecule has 2 heterocycles. The number of ether oxygens (including phenoxy) is 1. The van der Waals surface area contributed by atoms with E-state index in [0.717, 1.165) is 16.1 Å². The zero-order chi connectivity index (χ0) is 21.5. The maximum Gasteiger partial charge on any atom is 0.144 e. The number of aliphatic imine (C=N–C) groups is 1. The van der Waals surface area contributed by atoms with Gasteiger partial charge in [0.25, 0.3) is 0 Å². The summed E-state index contributed by atoms with van der Waals surface area (Å²) in [6, 6.07) is 12.3. The van der Waals surface area contributed by atoms with Crippen LogP contribution in [0.2, 0.25) is 0 Å². The van der Waals surface area contributed by atoms with E-state index >= 15 is 0 Å². The molecule has 0 atom stereocenters. The van der Waals surface area contributed by atoms with E-state index < -0.39 is 0 Å². The number of hydrogen-bond donors (Lipinski definition) is 1. The number of carbonyl (C=O) groups excluding carboxylic acids is 1. The van der Waals surface area contributed by atoms with Crippen LogP contribution in [-0.4, -0.2) is 30.3 Å². The monoisotopic (exact) mass is 441 g/mol. The van der Waals surface area contributed by atoms with Crippen LogP contribution in [0.4, 0.5) is 5.69 Å². The number of ketones is 1. The van der Waals surface area contributed by atoms with E-state index in [9.17, 15) is 4.79 Å². The van der Waals surface area contributed by atoms with Crippen molar-refractivity contribution in [3.05, 3.63) is 57.3 Å². The van der Waals surface area contributed by atoms with Crippen molar-refractivity contribution in [2.75, 3.05) is 13.2 Å². The number of thiophene rings is 2. The zero-order valence-corrected chi connectivity index (χ0v) is 19.2. The van der Waals surface area contributed by atoms with Gasteiger partial charge in [0.05, 0.1) is 6.61 Å². The van der Waals surface area contributed by atoms with E-state index in [0.29, 0.717) is 31.6 Å². The number of aryl methyl sites for hydroxylation is 3. The Bertz CT molecular complexity index is 1010. The van der Waals surface area contributed by atoms with Crippen LogP contribution >= 0.6 is 22.7 Å². The van der Waals surface area contributed by atoms with Gasteiger partial charge in [-0.3, -0.25) is 4.99 Å². The van der Waals surface area contributed by atoms with Crippen LogP contribution in [0, 0.1) is 13.8 Å². The van der Waals surface area contributed by atoms with E-state index in [-0.39, 0.29) is 12.4 Å². The van der Waals surface area contributed by atoms with Gasteiger partial charge in [-0.25, -0.2) is 0 Å². The fourth-order valence-corrected chi connectivity index (χ4v) is 4.89. The molecule has 0 unspecified atom stereocenters. The Kier molecular flexibility index (Phi) is 7.96. The molecule has 4 nitrogen and oxygen atoms in total.